The zero-order valence-corrected chi connectivity index (χ0v) is 18.0. The van der Waals surface area contributed by atoms with Crippen molar-refractivity contribution >= 4 is 11.9 Å². The van der Waals surface area contributed by atoms with E-state index in [9.17, 15) is 9.90 Å². The van der Waals surface area contributed by atoms with Crippen LogP contribution in [0.4, 0.5) is 0 Å². The first-order chi connectivity index (χ1) is 13.5. The quantitative estimate of drug-likeness (QED) is 0.379. The maximum Gasteiger partial charge on any atom is 0.244 e. The van der Waals surface area contributed by atoms with Crippen molar-refractivity contribution in [2.75, 3.05) is 32.8 Å². The van der Waals surface area contributed by atoms with E-state index in [1.807, 2.05) is 49.1 Å². The summed E-state index contributed by atoms with van der Waals surface area (Å²) in [5.74, 6) is 0.659. The van der Waals surface area contributed by atoms with Gasteiger partial charge in [-0.3, -0.25) is 4.79 Å². The number of aliphatic hydroxyl groups is 1. The minimum Gasteiger partial charge on any atom is -0.396 e. The highest BCUT2D eigenvalue weighted by Crippen LogP contribution is 2.29. The summed E-state index contributed by atoms with van der Waals surface area (Å²) < 4.78 is 0. The van der Waals surface area contributed by atoms with Gasteiger partial charge in [-0.15, -0.1) is 0 Å². The zero-order valence-electron chi connectivity index (χ0n) is 18.0. The van der Waals surface area contributed by atoms with E-state index in [1.165, 1.54) is 0 Å². The Bertz CT molecular complexity index is 585. The minimum atomic E-state index is 0.0103. The Labute approximate surface area is 170 Å². The van der Waals surface area contributed by atoms with Crippen LogP contribution < -0.4 is 10.6 Å². The van der Waals surface area contributed by atoms with Gasteiger partial charge in [-0.1, -0.05) is 44.2 Å². The van der Waals surface area contributed by atoms with Crippen LogP contribution in [0.2, 0.25) is 0 Å². The summed E-state index contributed by atoms with van der Waals surface area (Å²) in [5, 5.41) is 16.0. The molecule has 0 aliphatic carbocycles. The second kappa shape index (κ2) is 13.2. The maximum atomic E-state index is 12.6. The fourth-order valence-electron chi connectivity index (χ4n) is 3.22. The van der Waals surface area contributed by atoms with Crippen LogP contribution in [0.25, 0.3) is 0 Å². The lowest BCUT2D eigenvalue weighted by molar-refractivity contribution is -0.130. The van der Waals surface area contributed by atoms with Gasteiger partial charge >= 0.3 is 0 Å². The van der Waals surface area contributed by atoms with E-state index in [2.05, 4.69) is 29.5 Å². The smallest absolute Gasteiger partial charge is 0.244 e. The van der Waals surface area contributed by atoms with Crippen molar-refractivity contribution in [2.24, 2.45) is 10.4 Å². The number of carbonyl (C=O) groups is 1. The predicted molar refractivity (Wildman–Crippen MR) is 116 cm³/mol. The third-order valence-electron chi connectivity index (χ3n) is 5.44. The van der Waals surface area contributed by atoms with Crippen LogP contribution >= 0.6 is 0 Å². The first-order valence-corrected chi connectivity index (χ1v) is 10.5. The fraction of sp³-hybridized carbons (Fsp3) is 0.636. The Morgan fingerprint density at radius 2 is 1.79 bits per heavy atom. The summed E-state index contributed by atoms with van der Waals surface area (Å²) in [4.78, 5) is 18.9. The van der Waals surface area contributed by atoms with E-state index < -0.39 is 0 Å². The van der Waals surface area contributed by atoms with Gasteiger partial charge in [-0.25, -0.2) is 4.99 Å². The molecule has 28 heavy (non-hydrogen) atoms. The van der Waals surface area contributed by atoms with Gasteiger partial charge < -0.3 is 20.6 Å². The average molecular weight is 391 g/mol. The molecule has 6 nitrogen and oxygen atoms in total. The summed E-state index contributed by atoms with van der Waals surface area (Å²) in [6, 6.07) is 10.0. The number of hydrogen-bond donors (Lipinski definition) is 3. The van der Waals surface area contributed by atoms with Gasteiger partial charge in [0, 0.05) is 32.8 Å². The first-order valence-electron chi connectivity index (χ1n) is 10.5. The molecule has 1 rings (SSSR count). The molecule has 0 fully saturated rings. The topological polar surface area (TPSA) is 77.0 Å². The van der Waals surface area contributed by atoms with Crippen LogP contribution in [0, 0.1) is 5.41 Å². The zero-order chi connectivity index (χ0) is 20.8. The molecule has 1 amide bonds. The molecular formula is C22H38N4O2. The molecule has 158 valence electrons. The highest BCUT2D eigenvalue weighted by atomic mass is 16.3. The van der Waals surface area contributed by atoms with Gasteiger partial charge in [0.2, 0.25) is 5.91 Å². The summed E-state index contributed by atoms with van der Waals surface area (Å²) in [7, 11) is 0. The van der Waals surface area contributed by atoms with Crippen LogP contribution in [0.5, 0.6) is 0 Å². The lowest BCUT2D eigenvalue weighted by atomic mass is 9.79. The van der Waals surface area contributed by atoms with E-state index in [4.69, 9.17) is 0 Å². The SMILES string of the molecule is CCNC(=NCC(=O)N(CC)Cc1ccccc1)NCC(CC)(CC)CCO. The fourth-order valence-corrected chi connectivity index (χ4v) is 3.22. The molecule has 0 unspecified atom stereocenters. The Morgan fingerprint density at radius 3 is 2.32 bits per heavy atom. The third kappa shape index (κ3) is 7.89. The molecule has 1 aromatic rings. The van der Waals surface area contributed by atoms with Gasteiger partial charge in [-0.2, -0.15) is 0 Å². The molecule has 0 bridgehead atoms. The molecule has 3 N–H and O–H groups in total. The largest absolute Gasteiger partial charge is 0.396 e. The van der Waals surface area contributed by atoms with Crippen LogP contribution in [0.1, 0.15) is 52.5 Å². The summed E-state index contributed by atoms with van der Waals surface area (Å²) in [5.41, 5.74) is 1.16. The lowest BCUT2D eigenvalue weighted by Gasteiger charge is -2.32. The van der Waals surface area contributed by atoms with Crippen LogP contribution in [0.15, 0.2) is 35.3 Å². The Kier molecular flexibility index (Phi) is 11.3. The lowest BCUT2D eigenvalue weighted by Crippen LogP contribution is -2.44. The van der Waals surface area contributed by atoms with E-state index in [1.54, 1.807) is 0 Å². The van der Waals surface area contributed by atoms with Crippen LogP contribution in [-0.4, -0.2) is 54.7 Å². The molecule has 6 heteroatoms. The van der Waals surface area contributed by atoms with Crippen molar-refractivity contribution in [3.63, 3.8) is 0 Å². The highest BCUT2D eigenvalue weighted by molar-refractivity contribution is 5.85. The molecule has 0 saturated heterocycles. The molecule has 0 aliphatic heterocycles. The number of guanidine groups is 1. The molecule has 0 aliphatic rings. The minimum absolute atomic E-state index is 0.0103. The van der Waals surface area contributed by atoms with Crippen molar-refractivity contribution in [1.29, 1.82) is 0 Å². The Hall–Kier alpha value is -2.08. The van der Waals surface area contributed by atoms with Crippen molar-refractivity contribution in [2.45, 2.75) is 53.5 Å². The van der Waals surface area contributed by atoms with E-state index in [-0.39, 0.29) is 24.5 Å². The standard InChI is InChI=1S/C22H38N4O2/c1-5-22(6-2,14-15-27)18-25-21(23-7-3)24-16-20(28)26(8-4)17-19-12-10-9-11-13-19/h9-13,27H,5-8,14-18H2,1-4H3,(H2,23,24,25). The summed E-state index contributed by atoms with van der Waals surface area (Å²) in [6.45, 7) is 11.3. The molecule has 0 aromatic heterocycles. The number of hydrogen-bond acceptors (Lipinski definition) is 3. The average Bonchev–Trinajstić information content (AvgIpc) is 2.73. The summed E-state index contributed by atoms with van der Waals surface area (Å²) >= 11 is 0. The predicted octanol–water partition coefficient (Wildman–Crippen LogP) is 2.78. The molecule has 0 spiro atoms. The number of carbonyl (C=O) groups excluding carboxylic acids is 1. The second-order valence-electron chi connectivity index (χ2n) is 7.12. The highest BCUT2D eigenvalue weighted by Gasteiger charge is 2.25. The van der Waals surface area contributed by atoms with Gasteiger partial charge in [0.05, 0.1) is 0 Å². The van der Waals surface area contributed by atoms with Crippen molar-refractivity contribution in [1.82, 2.24) is 15.5 Å². The van der Waals surface area contributed by atoms with Crippen molar-refractivity contribution < 1.29 is 9.90 Å². The van der Waals surface area contributed by atoms with Gasteiger partial charge in [0.15, 0.2) is 5.96 Å². The van der Waals surface area contributed by atoms with E-state index in [0.717, 1.165) is 37.9 Å². The monoisotopic (exact) mass is 390 g/mol. The third-order valence-corrected chi connectivity index (χ3v) is 5.44. The van der Waals surface area contributed by atoms with E-state index >= 15 is 0 Å². The van der Waals surface area contributed by atoms with Gasteiger partial charge in [0.25, 0.3) is 0 Å². The number of rotatable bonds is 12. The molecule has 0 radical (unpaired) electrons. The normalized spacial score (nSPS) is 12.0. The number of benzene rings is 1. The molecule has 0 saturated carbocycles. The number of amides is 1. The van der Waals surface area contributed by atoms with E-state index in [0.29, 0.717) is 19.0 Å². The molecule has 0 atom stereocenters. The van der Waals surface area contributed by atoms with Crippen molar-refractivity contribution in [3.05, 3.63) is 35.9 Å². The molecular weight excluding hydrogens is 352 g/mol. The maximum absolute atomic E-state index is 12.6. The molecule has 1 aromatic carbocycles. The Morgan fingerprint density at radius 1 is 1.11 bits per heavy atom. The number of aliphatic imine (C=N–C) groups is 1. The second-order valence-corrected chi connectivity index (χ2v) is 7.12. The molecule has 0 heterocycles. The number of nitrogens with zero attached hydrogens (tertiary/aromatic N) is 2. The number of likely N-dealkylation sites (N-methyl/N-ethyl adjacent to an activating group) is 1. The van der Waals surface area contributed by atoms with Gasteiger partial charge in [-0.05, 0) is 44.1 Å². The summed E-state index contributed by atoms with van der Waals surface area (Å²) in [6.07, 6.45) is 2.72. The number of nitrogens with one attached hydrogen (secondary N) is 2. The Balaban J connectivity index is 2.72. The first kappa shape index (κ1) is 24.0. The van der Waals surface area contributed by atoms with Crippen LogP contribution in [0.3, 0.4) is 0 Å². The van der Waals surface area contributed by atoms with Crippen molar-refractivity contribution in [3.8, 4) is 0 Å². The van der Waals surface area contributed by atoms with Crippen LogP contribution in [-0.2, 0) is 11.3 Å². The van der Waals surface area contributed by atoms with Gasteiger partial charge in [0.1, 0.15) is 6.54 Å². The number of aliphatic hydroxyl groups excluding tert-OH is 1.